The fourth-order valence-corrected chi connectivity index (χ4v) is 0.719. The van der Waals surface area contributed by atoms with E-state index in [1.807, 2.05) is 0 Å². The largest absolute Gasteiger partial charge is 0.480 e. The molecular formula is C5H11NO3S. The lowest BCUT2D eigenvalue weighted by atomic mass is 10.2. The minimum absolute atomic E-state index is 0.0881. The molecule has 0 amide bonds. The summed E-state index contributed by atoms with van der Waals surface area (Å²) >= 11 is 3.88. The number of thiol groups is 1. The molecule has 0 aliphatic carbocycles. The van der Waals surface area contributed by atoms with Crippen LogP contribution in [0.15, 0.2) is 0 Å². The van der Waals surface area contributed by atoms with Crippen molar-refractivity contribution in [3.05, 3.63) is 0 Å². The van der Waals surface area contributed by atoms with Gasteiger partial charge in [-0.3, -0.25) is 4.79 Å². The van der Waals surface area contributed by atoms with E-state index in [0.717, 1.165) is 0 Å². The highest BCUT2D eigenvalue weighted by Crippen LogP contribution is 2.04. The van der Waals surface area contributed by atoms with Crippen molar-refractivity contribution in [2.75, 3.05) is 6.61 Å². The van der Waals surface area contributed by atoms with Crippen molar-refractivity contribution in [2.24, 2.45) is 5.73 Å². The Kier molecular flexibility index (Phi) is 4.42. The third-order valence-corrected chi connectivity index (χ3v) is 1.70. The van der Waals surface area contributed by atoms with Crippen molar-refractivity contribution < 1.29 is 15.0 Å². The average molecular weight is 165 g/mol. The fourth-order valence-electron chi connectivity index (χ4n) is 0.476. The van der Waals surface area contributed by atoms with Gasteiger partial charge in [-0.2, -0.15) is 12.6 Å². The predicted octanol–water partition coefficient (Wildman–Crippen LogP) is -0.921. The molecule has 1 unspecified atom stereocenters. The number of aliphatic carboxylic acids is 1. The van der Waals surface area contributed by atoms with Gasteiger partial charge in [-0.05, 0) is 6.42 Å². The highest BCUT2D eigenvalue weighted by molar-refractivity contribution is 7.81. The van der Waals surface area contributed by atoms with Gasteiger partial charge in [0.05, 0.1) is 0 Å². The third kappa shape index (κ3) is 3.05. The molecule has 0 radical (unpaired) electrons. The van der Waals surface area contributed by atoms with Crippen molar-refractivity contribution in [1.82, 2.24) is 0 Å². The molecule has 0 bridgehead atoms. The average Bonchev–Trinajstić information content (AvgIpc) is 1.87. The van der Waals surface area contributed by atoms with Crippen LogP contribution in [0, 0.1) is 0 Å². The Morgan fingerprint density at radius 2 is 2.20 bits per heavy atom. The summed E-state index contributed by atoms with van der Waals surface area (Å²) in [7, 11) is 0. The molecule has 0 fully saturated rings. The van der Waals surface area contributed by atoms with Crippen LogP contribution in [0.25, 0.3) is 0 Å². The van der Waals surface area contributed by atoms with Gasteiger partial charge in [0.2, 0.25) is 0 Å². The second kappa shape index (κ2) is 4.54. The molecule has 0 spiro atoms. The number of aliphatic hydroxyl groups is 1. The molecule has 0 aromatic carbocycles. The van der Waals surface area contributed by atoms with Crippen molar-refractivity contribution >= 4 is 18.6 Å². The third-order valence-electron chi connectivity index (χ3n) is 1.12. The van der Waals surface area contributed by atoms with E-state index in [1.54, 1.807) is 0 Å². The van der Waals surface area contributed by atoms with Gasteiger partial charge in [-0.25, -0.2) is 0 Å². The van der Waals surface area contributed by atoms with Crippen molar-refractivity contribution in [3.63, 3.8) is 0 Å². The molecule has 0 rings (SSSR count). The normalized spacial score (nSPS) is 16.3. The maximum absolute atomic E-state index is 10.2. The van der Waals surface area contributed by atoms with Gasteiger partial charge in [-0.15, -0.1) is 0 Å². The first kappa shape index (κ1) is 9.74. The molecule has 0 saturated carbocycles. The molecular weight excluding hydrogens is 154 g/mol. The highest BCUT2D eigenvalue weighted by atomic mass is 32.1. The second-order valence-electron chi connectivity index (χ2n) is 1.94. The van der Waals surface area contributed by atoms with Crippen LogP contribution in [0.5, 0.6) is 0 Å². The summed E-state index contributed by atoms with van der Waals surface area (Å²) in [6.45, 7) is -0.0881. The van der Waals surface area contributed by atoms with Crippen LogP contribution in [0.2, 0.25) is 0 Å². The number of rotatable bonds is 4. The molecule has 5 heteroatoms. The lowest BCUT2D eigenvalue weighted by Gasteiger charge is -2.12. The van der Waals surface area contributed by atoms with Crippen molar-refractivity contribution in [3.8, 4) is 0 Å². The van der Waals surface area contributed by atoms with E-state index in [1.165, 1.54) is 0 Å². The van der Waals surface area contributed by atoms with Gasteiger partial charge < -0.3 is 15.9 Å². The summed E-state index contributed by atoms with van der Waals surface area (Å²) in [6.07, 6.45) is 0.302. The van der Waals surface area contributed by atoms with Gasteiger partial charge in [0.1, 0.15) is 6.04 Å². The number of aliphatic hydroxyl groups excluding tert-OH is 1. The topological polar surface area (TPSA) is 83.6 Å². The van der Waals surface area contributed by atoms with Crippen LogP contribution in [0.3, 0.4) is 0 Å². The smallest absolute Gasteiger partial charge is 0.321 e. The summed E-state index contributed by atoms with van der Waals surface area (Å²) in [6, 6.07) is -0.990. The summed E-state index contributed by atoms with van der Waals surface area (Å²) in [5.74, 6) is -1.09. The summed E-state index contributed by atoms with van der Waals surface area (Å²) < 4.78 is 0. The fraction of sp³-hybridized carbons (Fsp3) is 0.800. The van der Waals surface area contributed by atoms with Gasteiger partial charge in [0, 0.05) is 11.9 Å². The number of hydrogen-bond donors (Lipinski definition) is 4. The molecule has 0 aliphatic heterocycles. The monoisotopic (exact) mass is 165 g/mol. The van der Waals surface area contributed by atoms with Gasteiger partial charge in [0.25, 0.3) is 0 Å². The van der Waals surface area contributed by atoms with E-state index in [9.17, 15) is 4.79 Å². The summed E-state index contributed by atoms with van der Waals surface area (Å²) in [4.78, 5) is 10.2. The van der Waals surface area contributed by atoms with E-state index in [-0.39, 0.29) is 6.61 Å². The van der Waals surface area contributed by atoms with E-state index < -0.39 is 17.3 Å². The van der Waals surface area contributed by atoms with Crippen LogP contribution >= 0.6 is 12.6 Å². The predicted molar refractivity (Wildman–Crippen MR) is 40.1 cm³/mol. The number of carboxylic acid groups (broad SMARTS) is 1. The molecule has 0 aromatic heterocycles. The summed E-state index contributed by atoms with van der Waals surface area (Å²) in [5.41, 5.74) is 5.16. The Morgan fingerprint density at radius 3 is 2.50 bits per heavy atom. The Hall–Kier alpha value is -0.260. The van der Waals surface area contributed by atoms with Gasteiger partial charge in [-0.1, -0.05) is 0 Å². The SMILES string of the molecule is N[C@H](C(=O)O)C(S)CCO. The second-order valence-corrected chi connectivity index (χ2v) is 2.61. The van der Waals surface area contributed by atoms with Crippen LogP contribution < -0.4 is 5.73 Å². The van der Waals surface area contributed by atoms with Crippen LogP contribution in [0.4, 0.5) is 0 Å². The number of hydrogen-bond acceptors (Lipinski definition) is 4. The molecule has 4 nitrogen and oxygen atoms in total. The number of carbonyl (C=O) groups is 1. The first-order valence-corrected chi connectivity index (χ1v) is 3.38. The minimum atomic E-state index is -1.09. The molecule has 60 valence electrons. The number of carboxylic acids is 1. The van der Waals surface area contributed by atoms with E-state index in [2.05, 4.69) is 12.6 Å². The van der Waals surface area contributed by atoms with Gasteiger partial charge >= 0.3 is 5.97 Å². The maximum atomic E-state index is 10.2. The standard InChI is InChI=1S/C5H11NO3S/c6-4(5(8)9)3(10)1-2-7/h3-4,7,10H,1-2,6H2,(H,8,9)/t3?,4-/m0/s1. The lowest BCUT2D eigenvalue weighted by Crippen LogP contribution is -2.39. The Balaban J connectivity index is 3.69. The highest BCUT2D eigenvalue weighted by Gasteiger charge is 2.19. The van der Waals surface area contributed by atoms with E-state index in [0.29, 0.717) is 6.42 Å². The molecule has 0 aliphatic rings. The molecule has 2 atom stereocenters. The van der Waals surface area contributed by atoms with Crippen molar-refractivity contribution in [1.29, 1.82) is 0 Å². The Morgan fingerprint density at radius 1 is 1.70 bits per heavy atom. The van der Waals surface area contributed by atoms with Crippen LogP contribution in [0.1, 0.15) is 6.42 Å². The quantitative estimate of drug-likeness (QED) is 0.406. The molecule has 0 saturated heterocycles. The zero-order valence-corrected chi connectivity index (χ0v) is 6.29. The maximum Gasteiger partial charge on any atom is 0.321 e. The van der Waals surface area contributed by atoms with Crippen LogP contribution in [-0.2, 0) is 4.79 Å². The van der Waals surface area contributed by atoms with E-state index in [4.69, 9.17) is 15.9 Å². The van der Waals surface area contributed by atoms with E-state index >= 15 is 0 Å². The zero-order chi connectivity index (χ0) is 8.15. The molecule has 10 heavy (non-hydrogen) atoms. The van der Waals surface area contributed by atoms with Gasteiger partial charge in [0.15, 0.2) is 0 Å². The first-order chi connectivity index (χ1) is 4.59. The molecule has 0 heterocycles. The number of nitrogens with two attached hydrogens (primary N) is 1. The first-order valence-electron chi connectivity index (χ1n) is 2.87. The molecule has 0 aromatic rings. The van der Waals surface area contributed by atoms with Crippen LogP contribution in [-0.4, -0.2) is 34.1 Å². The summed E-state index contributed by atoms with van der Waals surface area (Å²) in [5, 5.41) is 16.2. The minimum Gasteiger partial charge on any atom is -0.480 e. The molecule has 4 N–H and O–H groups in total. The van der Waals surface area contributed by atoms with Crippen molar-refractivity contribution in [2.45, 2.75) is 17.7 Å². The Labute approximate surface area is 64.4 Å². The lowest BCUT2D eigenvalue weighted by molar-refractivity contribution is -0.138. The Bertz CT molecular complexity index is 119. The zero-order valence-electron chi connectivity index (χ0n) is 5.40.